The summed E-state index contributed by atoms with van der Waals surface area (Å²) in [6.45, 7) is 3.59. The number of halogens is 2. The molecule has 3 aromatic rings. The largest absolute Gasteiger partial charge is 0.466 e. The molecule has 3 rings (SSSR count). The summed E-state index contributed by atoms with van der Waals surface area (Å²) in [5.74, 6) is -0.436. The van der Waals surface area contributed by atoms with Crippen LogP contribution >= 0.6 is 11.8 Å². The van der Waals surface area contributed by atoms with Gasteiger partial charge in [-0.15, -0.1) is 10.2 Å². The second-order valence-electron chi connectivity index (χ2n) is 5.16. The van der Waals surface area contributed by atoms with Crippen LogP contribution in [0.4, 0.5) is 14.5 Å². The minimum Gasteiger partial charge on any atom is -0.466 e. The van der Waals surface area contributed by atoms with Gasteiger partial charge in [0.05, 0.1) is 17.0 Å². The summed E-state index contributed by atoms with van der Waals surface area (Å²) in [5, 5.41) is 10.3. The van der Waals surface area contributed by atoms with Crippen LogP contribution in [-0.2, 0) is 4.79 Å². The summed E-state index contributed by atoms with van der Waals surface area (Å²) >= 11 is 1.01. The number of carbonyl (C=O) groups is 1. The van der Waals surface area contributed by atoms with Crippen molar-refractivity contribution in [3.63, 3.8) is 0 Å². The lowest BCUT2D eigenvalue weighted by Crippen LogP contribution is -2.15. The summed E-state index contributed by atoms with van der Waals surface area (Å²) in [7, 11) is 0. The van der Waals surface area contributed by atoms with Crippen molar-refractivity contribution in [3.8, 4) is 11.5 Å². The Bertz CT molecular complexity index is 923. The Morgan fingerprint density at radius 2 is 2.00 bits per heavy atom. The molecule has 0 radical (unpaired) electrons. The number of amides is 1. The lowest BCUT2D eigenvalue weighted by molar-refractivity contribution is -0.113. The highest BCUT2D eigenvalue weighted by Crippen LogP contribution is 2.28. The van der Waals surface area contributed by atoms with E-state index < -0.39 is 17.5 Å². The summed E-state index contributed by atoms with van der Waals surface area (Å²) in [4.78, 5) is 11.9. The van der Waals surface area contributed by atoms with Crippen LogP contribution in [0, 0.1) is 25.5 Å². The Hall–Kier alpha value is -2.68. The fourth-order valence-corrected chi connectivity index (χ4v) is 2.69. The maximum atomic E-state index is 13.5. The van der Waals surface area contributed by atoms with Crippen LogP contribution < -0.4 is 5.32 Å². The van der Waals surface area contributed by atoms with Crippen LogP contribution in [0.3, 0.4) is 0 Å². The van der Waals surface area contributed by atoms with Crippen LogP contribution in [0.15, 0.2) is 38.3 Å². The van der Waals surface area contributed by atoms with Crippen molar-refractivity contribution in [2.24, 2.45) is 0 Å². The highest BCUT2D eigenvalue weighted by atomic mass is 32.2. The van der Waals surface area contributed by atoms with Crippen LogP contribution in [0.2, 0.25) is 0 Å². The van der Waals surface area contributed by atoms with Crippen molar-refractivity contribution >= 4 is 23.4 Å². The topological polar surface area (TPSA) is 81.2 Å². The molecule has 2 heterocycles. The number of aromatic nitrogens is 2. The molecule has 0 aliphatic rings. The third-order valence-electron chi connectivity index (χ3n) is 3.21. The third kappa shape index (κ3) is 4.05. The van der Waals surface area contributed by atoms with E-state index in [2.05, 4.69) is 15.5 Å². The van der Waals surface area contributed by atoms with Crippen molar-refractivity contribution in [2.75, 3.05) is 11.1 Å². The average molecular weight is 365 g/mol. The number of hydrogen-bond acceptors (Lipinski definition) is 6. The lowest BCUT2D eigenvalue weighted by Gasteiger charge is -2.05. The van der Waals surface area contributed by atoms with E-state index in [4.69, 9.17) is 8.83 Å². The summed E-state index contributed by atoms with van der Waals surface area (Å²) in [5.41, 5.74) is 0.595. The molecule has 0 aliphatic carbocycles. The highest BCUT2D eigenvalue weighted by Gasteiger charge is 2.16. The van der Waals surface area contributed by atoms with Crippen molar-refractivity contribution < 1.29 is 22.4 Å². The molecule has 130 valence electrons. The monoisotopic (exact) mass is 365 g/mol. The smallest absolute Gasteiger partial charge is 0.277 e. The molecule has 0 atom stereocenters. The Labute approximate surface area is 145 Å². The number of benzene rings is 1. The van der Waals surface area contributed by atoms with Crippen molar-refractivity contribution in [1.82, 2.24) is 10.2 Å². The maximum absolute atomic E-state index is 13.5. The minimum absolute atomic E-state index is 0.0676. The molecule has 1 N–H and O–H groups in total. The number of nitrogens with zero attached hydrogens (tertiary/aromatic N) is 2. The molecule has 25 heavy (non-hydrogen) atoms. The predicted molar refractivity (Wildman–Crippen MR) is 87.2 cm³/mol. The Kier molecular flexibility index (Phi) is 4.84. The van der Waals surface area contributed by atoms with E-state index in [-0.39, 0.29) is 16.7 Å². The van der Waals surface area contributed by atoms with E-state index in [9.17, 15) is 13.6 Å². The number of thioether (sulfide) groups is 1. The van der Waals surface area contributed by atoms with Crippen LogP contribution in [-0.4, -0.2) is 21.9 Å². The first-order valence-electron chi connectivity index (χ1n) is 7.21. The van der Waals surface area contributed by atoms with Gasteiger partial charge in [0, 0.05) is 6.07 Å². The predicted octanol–water partition coefficient (Wildman–Crippen LogP) is 3.96. The van der Waals surface area contributed by atoms with Crippen molar-refractivity contribution in [2.45, 2.75) is 19.1 Å². The molecule has 1 aromatic carbocycles. The van der Waals surface area contributed by atoms with Crippen molar-refractivity contribution in [3.05, 3.63) is 47.4 Å². The van der Waals surface area contributed by atoms with Crippen LogP contribution in [0.25, 0.3) is 11.5 Å². The molecular weight excluding hydrogens is 352 g/mol. The molecule has 9 heteroatoms. The van der Waals surface area contributed by atoms with Crippen molar-refractivity contribution in [1.29, 1.82) is 0 Å². The summed E-state index contributed by atoms with van der Waals surface area (Å²) in [6.07, 6.45) is 0. The average Bonchev–Trinajstić information content (AvgIpc) is 3.14. The first-order valence-corrected chi connectivity index (χ1v) is 8.19. The molecule has 6 nitrogen and oxygen atoms in total. The minimum atomic E-state index is -0.843. The fourth-order valence-electron chi connectivity index (χ4n) is 2.12. The molecule has 0 bridgehead atoms. The Morgan fingerprint density at radius 3 is 2.68 bits per heavy atom. The zero-order valence-electron chi connectivity index (χ0n) is 13.3. The van der Waals surface area contributed by atoms with E-state index in [0.29, 0.717) is 23.3 Å². The van der Waals surface area contributed by atoms with E-state index in [1.807, 2.05) is 0 Å². The molecule has 0 unspecified atom stereocenters. The van der Waals surface area contributed by atoms with Gasteiger partial charge in [0.2, 0.25) is 5.91 Å². The number of hydrogen-bond donors (Lipinski definition) is 1. The second-order valence-corrected chi connectivity index (χ2v) is 6.09. The van der Waals surface area contributed by atoms with E-state index in [1.165, 1.54) is 0 Å². The van der Waals surface area contributed by atoms with Gasteiger partial charge in [0.25, 0.3) is 11.1 Å². The molecule has 0 spiro atoms. The maximum Gasteiger partial charge on any atom is 0.277 e. The van der Waals surface area contributed by atoms with Gasteiger partial charge >= 0.3 is 0 Å². The fraction of sp³-hybridized carbons (Fsp3) is 0.188. The molecular formula is C16H13F2N3O3S. The van der Waals surface area contributed by atoms with Gasteiger partial charge in [0.1, 0.15) is 23.2 Å². The standard InChI is InChI=1S/C16H13F2N3O3S/c1-8-5-11(9(2)23-8)15-20-21-16(24-15)25-7-14(22)19-13-4-3-10(17)6-12(13)18/h3-6H,7H2,1-2H3,(H,19,22). The SMILES string of the molecule is Cc1cc(-c2nnc(SCC(=O)Nc3ccc(F)cc3F)o2)c(C)o1. The lowest BCUT2D eigenvalue weighted by atomic mass is 10.2. The number of aryl methyl sites for hydroxylation is 2. The van der Waals surface area contributed by atoms with E-state index >= 15 is 0 Å². The van der Waals surface area contributed by atoms with E-state index in [1.54, 1.807) is 19.9 Å². The van der Waals surface area contributed by atoms with Crippen LogP contribution in [0.5, 0.6) is 0 Å². The second kappa shape index (κ2) is 7.06. The van der Waals surface area contributed by atoms with Gasteiger partial charge < -0.3 is 14.2 Å². The normalized spacial score (nSPS) is 10.9. The van der Waals surface area contributed by atoms with E-state index in [0.717, 1.165) is 29.7 Å². The molecule has 0 saturated carbocycles. The van der Waals surface area contributed by atoms with Gasteiger partial charge in [-0.1, -0.05) is 11.8 Å². The molecule has 2 aromatic heterocycles. The molecule has 0 aliphatic heterocycles. The first-order chi connectivity index (χ1) is 11.9. The number of rotatable bonds is 5. The Morgan fingerprint density at radius 1 is 1.20 bits per heavy atom. The quantitative estimate of drug-likeness (QED) is 0.690. The number of furan rings is 1. The number of carbonyl (C=O) groups excluding carboxylic acids is 1. The molecule has 0 saturated heterocycles. The Balaban J connectivity index is 1.60. The molecule has 1 amide bonds. The zero-order valence-corrected chi connectivity index (χ0v) is 14.1. The summed E-state index contributed by atoms with van der Waals surface area (Å²) in [6, 6.07) is 4.69. The van der Waals surface area contributed by atoms with Gasteiger partial charge in [0.15, 0.2) is 0 Å². The summed E-state index contributed by atoms with van der Waals surface area (Å²) < 4.78 is 37.2. The third-order valence-corrected chi connectivity index (χ3v) is 4.03. The number of nitrogens with one attached hydrogen (secondary N) is 1. The van der Waals surface area contributed by atoms with Gasteiger partial charge in [-0.05, 0) is 32.0 Å². The van der Waals surface area contributed by atoms with Crippen LogP contribution in [0.1, 0.15) is 11.5 Å². The first kappa shape index (κ1) is 17.2. The van der Waals surface area contributed by atoms with Gasteiger partial charge in [-0.2, -0.15) is 0 Å². The molecule has 0 fully saturated rings. The zero-order chi connectivity index (χ0) is 18.0. The number of anilines is 1. The highest BCUT2D eigenvalue weighted by molar-refractivity contribution is 7.99. The van der Waals surface area contributed by atoms with Gasteiger partial charge in [-0.3, -0.25) is 4.79 Å². The van der Waals surface area contributed by atoms with Gasteiger partial charge in [-0.25, -0.2) is 8.78 Å².